The molecule has 124 valence electrons. The second-order valence-electron chi connectivity index (χ2n) is 6.32. The lowest BCUT2D eigenvalue weighted by atomic mass is 10.1. The van der Waals surface area contributed by atoms with E-state index in [2.05, 4.69) is 26.7 Å². The first-order valence-electron chi connectivity index (χ1n) is 8.62. The molecule has 5 heteroatoms. The molecule has 3 rings (SSSR count). The molecule has 0 unspecified atom stereocenters. The van der Waals surface area contributed by atoms with Crippen LogP contribution in [0.2, 0.25) is 0 Å². The maximum atomic E-state index is 9.62. The average Bonchev–Trinajstić information content (AvgIpc) is 2.88. The third-order valence-electron chi connectivity index (χ3n) is 4.49. The van der Waals surface area contributed by atoms with Crippen molar-refractivity contribution in [3.8, 4) is 6.07 Å². The third-order valence-corrected chi connectivity index (χ3v) is 4.49. The number of hydrogen-bond acceptors (Lipinski definition) is 5. The molecule has 0 spiro atoms. The average molecular weight is 321 g/mol. The van der Waals surface area contributed by atoms with Crippen LogP contribution < -0.4 is 10.6 Å². The van der Waals surface area contributed by atoms with Crippen LogP contribution in [0.5, 0.6) is 0 Å². The Morgan fingerprint density at radius 2 is 2.04 bits per heavy atom. The number of nitriles is 1. The lowest BCUT2D eigenvalue weighted by molar-refractivity contribution is 0.614. The number of rotatable bonds is 3. The highest BCUT2D eigenvalue weighted by Gasteiger charge is 2.16. The van der Waals surface area contributed by atoms with Gasteiger partial charge >= 0.3 is 0 Å². The van der Waals surface area contributed by atoms with Crippen molar-refractivity contribution in [2.24, 2.45) is 0 Å². The highest BCUT2D eigenvalue weighted by molar-refractivity contribution is 5.80. The summed E-state index contributed by atoms with van der Waals surface area (Å²) < 4.78 is 0. The van der Waals surface area contributed by atoms with Crippen molar-refractivity contribution in [3.63, 3.8) is 0 Å². The van der Waals surface area contributed by atoms with Crippen LogP contribution in [0.3, 0.4) is 0 Å². The molecule has 1 fully saturated rings. The molecule has 2 heterocycles. The summed E-state index contributed by atoms with van der Waals surface area (Å²) in [6.45, 7) is 1.94. The fourth-order valence-corrected chi connectivity index (χ4v) is 3.16. The Labute approximate surface area is 143 Å². The maximum absolute atomic E-state index is 9.62. The van der Waals surface area contributed by atoms with Gasteiger partial charge < -0.3 is 10.6 Å². The Morgan fingerprint density at radius 3 is 2.71 bits per heavy atom. The molecule has 1 saturated carbocycles. The largest absolute Gasteiger partial charge is 0.361 e. The molecule has 0 atom stereocenters. The minimum atomic E-state index is 0.428. The van der Waals surface area contributed by atoms with Gasteiger partial charge in [-0.2, -0.15) is 5.26 Å². The zero-order valence-corrected chi connectivity index (χ0v) is 14.0. The first-order chi connectivity index (χ1) is 11.8. The van der Waals surface area contributed by atoms with E-state index in [0.29, 0.717) is 23.3 Å². The molecule has 1 aliphatic carbocycles. The van der Waals surface area contributed by atoms with Gasteiger partial charge in [0.15, 0.2) is 0 Å². The van der Waals surface area contributed by atoms with Crippen LogP contribution in [0.15, 0.2) is 36.3 Å². The van der Waals surface area contributed by atoms with Gasteiger partial charge in [-0.3, -0.25) is 0 Å². The van der Waals surface area contributed by atoms with Gasteiger partial charge in [0, 0.05) is 18.4 Å². The number of nitrogens with zero attached hydrogens (tertiary/aromatic N) is 3. The molecule has 0 bridgehead atoms. The molecular weight excluding hydrogens is 298 g/mol. The van der Waals surface area contributed by atoms with E-state index in [1.54, 1.807) is 6.20 Å². The number of anilines is 1. The summed E-state index contributed by atoms with van der Waals surface area (Å²) in [5, 5.41) is 16.2. The summed E-state index contributed by atoms with van der Waals surface area (Å²) in [4.78, 5) is 9.06. The van der Waals surface area contributed by atoms with Gasteiger partial charge in [0.1, 0.15) is 11.6 Å². The van der Waals surface area contributed by atoms with Crippen LogP contribution in [0, 0.1) is 18.3 Å². The van der Waals surface area contributed by atoms with Gasteiger partial charge in [0.2, 0.25) is 5.95 Å². The lowest BCUT2D eigenvalue weighted by Crippen LogP contribution is -2.20. The predicted octanol–water partition coefficient (Wildman–Crippen LogP) is 3.83. The van der Waals surface area contributed by atoms with E-state index in [1.165, 1.54) is 25.7 Å². The number of nitrogens with one attached hydrogen (secondary N) is 2. The zero-order valence-electron chi connectivity index (χ0n) is 14.0. The van der Waals surface area contributed by atoms with E-state index in [4.69, 9.17) is 0 Å². The minimum Gasteiger partial charge on any atom is -0.361 e. The second-order valence-corrected chi connectivity index (χ2v) is 6.32. The zero-order chi connectivity index (χ0) is 16.8. The van der Waals surface area contributed by atoms with E-state index >= 15 is 0 Å². The molecule has 24 heavy (non-hydrogen) atoms. The first-order valence-corrected chi connectivity index (χ1v) is 8.62. The number of dihydropyridines is 1. The topological polar surface area (TPSA) is 73.6 Å². The molecule has 0 amide bonds. The molecule has 2 N–H and O–H groups in total. The third kappa shape index (κ3) is 3.83. The number of hydrogen-bond donors (Lipinski definition) is 2. The number of allylic oxidation sites excluding steroid dienone is 4. The molecule has 1 aromatic heterocycles. The monoisotopic (exact) mass is 321 g/mol. The Balaban J connectivity index is 1.87. The highest BCUT2D eigenvalue weighted by atomic mass is 15.1. The van der Waals surface area contributed by atoms with Crippen LogP contribution in [0.25, 0.3) is 5.57 Å². The molecule has 0 saturated heterocycles. The SMILES string of the molecule is Cc1cnc(NC2CCCCCC2)nc1/C(C#N)=C1\C=CC=CN1. The molecular formula is C19H23N5. The normalized spacial score (nSPS) is 20.0. The van der Waals surface area contributed by atoms with Crippen molar-refractivity contribution >= 4 is 11.5 Å². The highest BCUT2D eigenvalue weighted by Crippen LogP contribution is 2.23. The summed E-state index contributed by atoms with van der Waals surface area (Å²) in [6, 6.07) is 2.71. The number of aryl methyl sites for hydroxylation is 1. The van der Waals surface area contributed by atoms with Crippen molar-refractivity contribution in [2.45, 2.75) is 51.5 Å². The Kier molecular flexibility index (Phi) is 5.27. The molecule has 5 nitrogen and oxygen atoms in total. The Morgan fingerprint density at radius 1 is 1.25 bits per heavy atom. The number of aromatic nitrogens is 2. The standard InChI is InChI=1S/C19H23N5/c1-14-13-22-19(23-15-8-4-2-3-5-9-15)24-18(14)16(12-20)17-10-6-7-11-21-17/h6-7,10-11,13,15,21H,2-5,8-9H2,1H3,(H,22,23,24)/b17-16+. The summed E-state index contributed by atoms with van der Waals surface area (Å²) in [6.07, 6.45) is 16.8. The smallest absolute Gasteiger partial charge is 0.223 e. The van der Waals surface area contributed by atoms with Gasteiger partial charge in [-0.25, -0.2) is 9.97 Å². The minimum absolute atomic E-state index is 0.428. The summed E-state index contributed by atoms with van der Waals surface area (Å²) in [5.74, 6) is 0.617. The summed E-state index contributed by atoms with van der Waals surface area (Å²) in [5.41, 5.74) is 2.89. The van der Waals surface area contributed by atoms with E-state index in [0.717, 1.165) is 24.1 Å². The quantitative estimate of drug-likeness (QED) is 0.654. The van der Waals surface area contributed by atoms with Crippen molar-refractivity contribution in [1.29, 1.82) is 5.26 Å². The van der Waals surface area contributed by atoms with Crippen LogP contribution in [-0.2, 0) is 0 Å². The summed E-state index contributed by atoms with van der Waals surface area (Å²) >= 11 is 0. The van der Waals surface area contributed by atoms with Crippen LogP contribution in [-0.4, -0.2) is 16.0 Å². The van der Waals surface area contributed by atoms with Gasteiger partial charge in [-0.05, 0) is 37.5 Å². The van der Waals surface area contributed by atoms with E-state index in [1.807, 2.05) is 31.4 Å². The molecule has 0 aromatic carbocycles. The molecule has 0 radical (unpaired) electrons. The fraction of sp³-hybridized carbons (Fsp3) is 0.421. The van der Waals surface area contributed by atoms with Crippen LogP contribution in [0.1, 0.15) is 49.8 Å². The van der Waals surface area contributed by atoms with E-state index in [9.17, 15) is 5.26 Å². The predicted molar refractivity (Wildman–Crippen MR) is 95.8 cm³/mol. The Bertz CT molecular complexity index is 716. The fourth-order valence-electron chi connectivity index (χ4n) is 3.16. The lowest BCUT2D eigenvalue weighted by Gasteiger charge is -2.17. The second kappa shape index (κ2) is 7.78. The van der Waals surface area contributed by atoms with E-state index in [-0.39, 0.29) is 0 Å². The van der Waals surface area contributed by atoms with E-state index < -0.39 is 0 Å². The van der Waals surface area contributed by atoms with Gasteiger partial charge in [-0.1, -0.05) is 31.8 Å². The van der Waals surface area contributed by atoms with Gasteiger partial charge in [0.25, 0.3) is 0 Å². The van der Waals surface area contributed by atoms with Crippen molar-refractivity contribution in [1.82, 2.24) is 15.3 Å². The van der Waals surface area contributed by atoms with Crippen molar-refractivity contribution < 1.29 is 0 Å². The maximum Gasteiger partial charge on any atom is 0.223 e. The van der Waals surface area contributed by atoms with Gasteiger partial charge in [0.05, 0.1) is 11.4 Å². The van der Waals surface area contributed by atoms with Crippen molar-refractivity contribution in [2.75, 3.05) is 5.32 Å². The van der Waals surface area contributed by atoms with Crippen LogP contribution >= 0.6 is 0 Å². The van der Waals surface area contributed by atoms with Crippen LogP contribution in [0.4, 0.5) is 5.95 Å². The molecule has 2 aliphatic rings. The van der Waals surface area contributed by atoms with Gasteiger partial charge in [-0.15, -0.1) is 0 Å². The molecule has 1 aliphatic heterocycles. The molecule has 1 aromatic rings. The summed E-state index contributed by atoms with van der Waals surface area (Å²) in [7, 11) is 0. The first kappa shape index (κ1) is 16.3. The van der Waals surface area contributed by atoms with Crippen molar-refractivity contribution in [3.05, 3.63) is 47.6 Å². The Hall–Kier alpha value is -2.61.